The lowest BCUT2D eigenvalue weighted by Crippen LogP contribution is -2.65. The standard InChI is InChI=1S/C35H43NO6/c1-5-15-29-31(36-34(37)42-35(2,3)4)33(40-24-28-20-13-8-14-21-28)32(39-23-27-18-11-7-12-19-27)30(41-29)25-38-22-26-16-9-6-10-17-26/h5-14,16-21,29-33H,1,15,22-25H2,2-4H3,(H,36,37)/t29-,30?,31?,32+,33+/m0/s1. The van der Waals surface area contributed by atoms with E-state index in [1.165, 1.54) is 0 Å². The summed E-state index contributed by atoms with van der Waals surface area (Å²) >= 11 is 0. The van der Waals surface area contributed by atoms with E-state index in [0.29, 0.717) is 26.2 Å². The molecule has 1 saturated heterocycles. The Morgan fingerprint density at radius 2 is 1.29 bits per heavy atom. The first-order valence-electron chi connectivity index (χ1n) is 14.5. The predicted molar refractivity (Wildman–Crippen MR) is 163 cm³/mol. The minimum atomic E-state index is -0.662. The van der Waals surface area contributed by atoms with Crippen LogP contribution in [0.5, 0.6) is 0 Å². The van der Waals surface area contributed by atoms with Gasteiger partial charge in [-0.15, -0.1) is 6.58 Å². The SMILES string of the molecule is C=CC[C@@H]1OC(COCc2ccccc2)[C@@H](OCc2ccccc2)[C@H](OCc2ccccc2)C1NC(=O)OC(C)(C)C. The highest BCUT2D eigenvalue weighted by Crippen LogP contribution is 2.30. The fourth-order valence-electron chi connectivity index (χ4n) is 4.93. The van der Waals surface area contributed by atoms with Gasteiger partial charge in [0, 0.05) is 0 Å². The molecule has 0 aliphatic carbocycles. The molecule has 0 bridgehead atoms. The van der Waals surface area contributed by atoms with Gasteiger partial charge in [-0.25, -0.2) is 4.79 Å². The molecule has 0 radical (unpaired) electrons. The summed E-state index contributed by atoms with van der Waals surface area (Å²) in [6.07, 6.45) is -0.269. The smallest absolute Gasteiger partial charge is 0.408 e. The van der Waals surface area contributed by atoms with Gasteiger partial charge in [-0.1, -0.05) is 97.1 Å². The Kier molecular flexibility index (Phi) is 11.7. The third kappa shape index (κ3) is 9.81. The van der Waals surface area contributed by atoms with Crippen LogP contribution < -0.4 is 5.32 Å². The maximum absolute atomic E-state index is 13.1. The zero-order valence-corrected chi connectivity index (χ0v) is 24.8. The Morgan fingerprint density at radius 1 is 0.786 bits per heavy atom. The number of carbonyl (C=O) groups is 1. The number of nitrogens with one attached hydrogen (secondary N) is 1. The quantitative estimate of drug-likeness (QED) is 0.232. The lowest BCUT2D eigenvalue weighted by atomic mass is 9.90. The molecule has 5 atom stereocenters. The third-order valence-corrected chi connectivity index (χ3v) is 6.84. The predicted octanol–water partition coefficient (Wildman–Crippen LogP) is 6.61. The number of alkyl carbamates (subject to hydrolysis) is 1. The summed E-state index contributed by atoms with van der Waals surface area (Å²) in [7, 11) is 0. The second kappa shape index (κ2) is 15.7. The maximum Gasteiger partial charge on any atom is 0.408 e. The van der Waals surface area contributed by atoms with Gasteiger partial charge in [0.1, 0.15) is 23.9 Å². The first-order valence-corrected chi connectivity index (χ1v) is 14.5. The Morgan fingerprint density at radius 3 is 1.79 bits per heavy atom. The van der Waals surface area contributed by atoms with Crippen LogP contribution in [0.2, 0.25) is 0 Å². The van der Waals surface area contributed by atoms with E-state index in [1.54, 1.807) is 6.08 Å². The van der Waals surface area contributed by atoms with Crippen molar-refractivity contribution >= 4 is 6.09 Å². The molecule has 42 heavy (non-hydrogen) atoms. The maximum atomic E-state index is 13.1. The number of rotatable bonds is 13. The summed E-state index contributed by atoms with van der Waals surface area (Å²) in [4.78, 5) is 13.1. The molecule has 1 N–H and O–H groups in total. The molecule has 1 heterocycles. The molecule has 2 unspecified atom stereocenters. The molecule has 3 aromatic rings. The number of hydrogen-bond acceptors (Lipinski definition) is 6. The van der Waals surface area contributed by atoms with Gasteiger partial charge < -0.3 is 29.0 Å². The zero-order chi connectivity index (χ0) is 29.8. The van der Waals surface area contributed by atoms with Crippen molar-refractivity contribution in [1.82, 2.24) is 5.32 Å². The van der Waals surface area contributed by atoms with Gasteiger partial charge in [0.05, 0.1) is 38.6 Å². The molecule has 7 nitrogen and oxygen atoms in total. The van der Waals surface area contributed by atoms with Crippen molar-refractivity contribution in [3.63, 3.8) is 0 Å². The second-order valence-electron chi connectivity index (χ2n) is 11.4. The molecule has 4 rings (SSSR count). The third-order valence-electron chi connectivity index (χ3n) is 6.84. The van der Waals surface area contributed by atoms with Crippen LogP contribution in [0.4, 0.5) is 4.79 Å². The van der Waals surface area contributed by atoms with Crippen LogP contribution in [0.3, 0.4) is 0 Å². The molecule has 7 heteroatoms. The van der Waals surface area contributed by atoms with E-state index in [-0.39, 0.29) is 6.61 Å². The average molecular weight is 574 g/mol. The van der Waals surface area contributed by atoms with Crippen LogP contribution in [0, 0.1) is 0 Å². The van der Waals surface area contributed by atoms with Gasteiger partial charge in [0.25, 0.3) is 0 Å². The van der Waals surface area contributed by atoms with Crippen LogP contribution in [0.1, 0.15) is 43.9 Å². The highest BCUT2D eigenvalue weighted by atomic mass is 16.6. The lowest BCUT2D eigenvalue weighted by molar-refractivity contribution is -0.231. The van der Waals surface area contributed by atoms with Crippen LogP contribution in [-0.4, -0.2) is 48.8 Å². The van der Waals surface area contributed by atoms with E-state index < -0.39 is 42.2 Å². The highest BCUT2D eigenvalue weighted by molar-refractivity contribution is 5.68. The van der Waals surface area contributed by atoms with Gasteiger partial charge in [0.2, 0.25) is 0 Å². The van der Waals surface area contributed by atoms with Crippen LogP contribution in [0.25, 0.3) is 0 Å². The van der Waals surface area contributed by atoms with Crippen molar-refractivity contribution in [3.8, 4) is 0 Å². The van der Waals surface area contributed by atoms with Gasteiger partial charge in [0.15, 0.2) is 0 Å². The fraction of sp³-hybridized carbons (Fsp3) is 0.400. The monoisotopic (exact) mass is 573 g/mol. The number of amides is 1. The van der Waals surface area contributed by atoms with Gasteiger partial charge >= 0.3 is 6.09 Å². The molecule has 1 aliphatic heterocycles. The van der Waals surface area contributed by atoms with E-state index in [1.807, 2.05) is 112 Å². The number of ether oxygens (including phenoxy) is 5. The summed E-state index contributed by atoms with van der Waals surface area (Å²) in [6.45, 7) is 10.8. The normalized spacial score (nSPS) is 22.3. The first kappa shape index (κ1) is 31.4. The first-order chi connectivity index (χ1) is 20.3. The summed E-state index contributed by atoms with van der Waals surface area (Å²) in [5.41, 5.74) is 2.44. The van der Waals surface area contributed by atoms with Crippen LogP contribution >= 0.6 is 0 Å². The molecule has 1 aliphatic rings. The molecule has 0 aromatic heterocycles. The summed E-state index contributed by atoms with van der Waals surface area (Å²) in [5, 5.41) is 3.05. The molecule has 1 amide bonds. The average Bonchev–Trinajstić information content (AvgIpc) is 2.97. The van der Waals surface area contributed by atoms with Crippen molar-refractivity contribution in [1.29, 1.82) is 0 Å². The molecule has 224 valence electrons. The van der Waals surface area contributed by atoms with E-state index in [4.69, 9.17) is 23.7 Å². The Balaban J connectivity index is 1.62. The van der Waals surface area contributed by atoms with Crippen LogP contribution in [-0.2, 0) is 43.5 Å². The van der Waals surface area contributed by atoms with Gasteiger partial charge in [-0.2, -0.15) is 0 Å². The van der Waals surface area contributed by atoms with Crippen molar-refractivity contribution < 1.29 is 28.5 Å². The fourth-order valence-corrected chi connectivity index (χ4v) is 4.93. The second-order valence-corrected chi connectivity index (χ2v) is 11.4. The number of carbonyl (C=O) groups excluding carboxylic acids is 1. The van der Waals surface area contributed by atoms with E-state index in [0.717, 1.165) is 16.7 Å². The van der Waals surface area contributed by atoms with Gasteiger partial charge in [-0.3, -0.25) is 0 Å². The van der Waals surface area contributed by atoms with Crippen molar-refractivity contribution in [3.05, 3.63) is 120 Å². The highest BCUT2D eigenvalue weighted by Gasteiger charge is 2.48. The van der Waals surface area contributed by atoms with E-state index in [2.05, 4.69) is 11.9 Å². The summed E-state index contributed by atoms with van der Waals surface area (Å²) in [5.74, 6) is 0. The lowest BCUT2D eigenvalue weighted by Gasteiger charge is -2.46. The van der Waals surface area contributed by atoms with Crippen molar-refractivity contribution in [2.45, 2.75) is 83.1 Å². The van der Waals surface area contributed by atoms with E-state index in [9.17, 15) is 4.79 Å². The zero-order valence-electron chi connectivity index (χ0n) is 24.8. The minimum absolute atomic E-state index is 0.284. The van der Waals surface area contributed by atoms with Crippen molar-refractivity contribution in [2.75, 3.05) is 6.61 Å². The number of benzene rings is 3. The Bertz CT molecular complexity index is 1210. The minimum Gasteiger partial charge on any atom is -0.444 e. The Hall–Kier alpha value is -3.49. The molecular weight excluding hydrogens is 530 g/mol. The molecular formula is C35H43NO6. The topological polar surface area (TPSA) is 75.3 Å². The molecule has 0 saturated carbocycles. The molecule has 3 aromatic carbocycles. The number of hydrogen-bond donors (Lipinski definition) is 1. The molecule has 0 spiro atoms. The van der Waals surface area contributed by atoms with Gasteiger partial charge in [-0.05, 0) is 43.9 Å². The Labute approximate surface area is 249 Å². The molecule has 1 fully saturated rings. The summed E-state index contributed by atoms with van der Waals surface area (Å²) in [6, 6.07) is 29.3. The van der Waals surface area contributed by atoms with Crippen molar-refractivity contribution in [2.24, 2.45) is 0 Å². The largest absolute Gasteiger partial charge is 0.444 e. The summed E-state index contributed by atoms with van der Waals surface area (Å²) < 4.78 is 31.6. The van der Waals surface area contributed by atoms with E-state index >= 15 is 0 Å². The van der Waals surface area contributed by atoms with Crippen LogP contribution in [0.15, 0.2) is 104 Å².